The third kappa shape index (κ3) is 0.989. The van der Waals surface area contributed by atoms with E-state index in [-0.39, 0.29) is 15.3 Å². The van der Waals surface area contributed by atoms with Crippen molar-refractivity contribution in [2.24, 2.45) is 52.8 Å². The molecule has 0 aliphatic heterocycles. The molecular formula is C18H22N2O4. The minimum atomic E-state index is -0.741. The van der Waals surface area contributed by atoms with Crippen LogP contribution in [-0.4, -0.2) is 20.9 Å². The minimum absolute atomic E-state index is 0.0339. The van der Waals surface area contributed by atoms with Crippen LogP contribution in [0.5, 0.6) is 0 Å². The van der Waals surface area contributed by atoms with E-state index in [9.17, 15) is 20.2 Å². The normalized spacial score (nSPS) is 68.8. The molecule has 0 aromatic heterocycles. The van der Waals surface area contributed by atoms with E-state index < -0.39 is 11.1 Å². The maximum atomic E-state index is 12.0. The molecule has 0 N–H and O–H groups in total. The highest BCUT2D eigenvalue weighted by molar-refractivity contribution is 5.31. The summed E-state index contributed by atoms with van der Waals surface area (Å²) in [6, 6.07) is 0. The third-order valence-corrected chi connectivity index (χ3v) is 10.5. The zero-order chi connectivity index (χ0) is 16.2. The van der Waals surface area contributed by atoms with Crippen LogP contribution in [0.25, 0.3) is 0 Å². The molecule has 0 aromatic rings. The molecule has 0 radical (unpaired) electrons. The molecule has 6 nitrogen and oxygen atoms in total. The van der Waals surface area contributed by atoms with Crippen LogP contribution in [0.2, 0.25) is 0 Å². The maximum absolute atomic E-state index is 12.0. The first kappa shape index (κ1) is 13.1. The first-order valence-corrected chi connectivity index (χ1v) is 9.70. The Hall–Kier alpha value is -1.20. The number of rotatable bonds is 2. The van der Waals surface area contributed by atoms with Gasteiger partial charge in [0.2, 0.25) is 11.1 Å². The minimum Gasteiger partial charge on any atom is -0.264 e. The van der Waals surface area contributed by atoms with Gasteiger partial charge in [-0.3, -0.25) is 20.2 Å². The zero-order valence-corrected chi connectivity index (χ0v) is 13.6. The van der Waals surface area contributed by atoms with Crippen molar-refractivity contribution < 1.29 is 9.85 Å². The van der Waals surface area contributed by atoms with Crippen molar-refractivity contribution in [2.45, 2.75) is 56.0 Å². The van der Waals surface area contributed by atoms with Gasteiger partial charge in [0.05, 0.1) is 0 Å². The fraction of sp³-hybridized carbons (Fsp3) is 1.00. The largest absolute Gasteiger partial charge is 0.264 e. The van der Waals surface area contributed by atoms with Crippen LogP contribution in [0.1, 0.15) is 44.9 Å². The lowest BCUT2D eigenvalue weighted by atomic mass is 9.20. The van der Waals surface area contributed by atoms with Crippen LogP contribution in [0.15, 0.2) is 0 Å². The van der Waals surface area contributed by atoms with Crippen LogP contribution in [0, 0.1) is 73.0 Å². The smallest absolute Gasteiger partial charge is 0.223 e. The van der Waals surface area contributed by atoms with Gasteiger partial charge in [-0.05, 0) is 59.2 Å². The molecule has 10 fully saturated rings. The molecule has 1 spiro atoms. The van der Waals surface area contributed by atoms with Crippen molar-refractivity contribution in [3.63, 3.8) is 0 Å². The van der Waals surface area contributed by atoms with Crippen LogP contribution < -0.4 is 0 Å². The van der Waals surface area contributed by atoms with Crippen molar-refractivity contribution >= 4 is 0 Å². The monoisotopic (exact) mass is 330 g/mol. The molecule has 10 saturated carbocycles. The summed E-state index contributed by atoms with van der Waals surface area (Å²) in [5, 5.41) is 24.1. The second-order valence-corrected chi connectivity index (χ2v) is 10.6. The SMILES string of the molecule is O=[N+]([O-])C12CC3C4CC5C6CC7([N+](=O)[O-])CC5C(C4C1)C(C2)(C7)C36. The summed E-state index contributed by atoms with van der Waals surface area (Å²) >= 11 is 0. The second-order valence-electron chi connectivity index (χ2n) is 10.6. The Kier molecular flexibility index (Phi) is 1.77. The lowest BCUT2D eigenvalue weighted by Crippen LogP contribution is -2.83. The molecular weight excluding hydrogens is 308 g/mol. The predicted octanol–water partition coefficient (Wildman–Crippen LogP) is 2.76. The molecule has 128 valence electrons. The van der Waals surface area contributed by atoms with E-state index in [0.717, 1.165) is 25.7 Å². The highest BCUT2D eigenvalue weighted by Crippen LogP contribution is 2.86. The quantitative estimate of drug-likeness (QED) is 0.575. The molecule has 10 aliphatic rings. The fourth-order valence-corrected chi connectivity index (χ4v) is 10.8. The molecule has 4 atom stereocenters. The van der Waals surface area contributed by atoms with E-state index in [2.05, 4.69) is 0 Å². The Balaban J connectivity index is 1.49. The van der Waals surface area contributed by atoms with Gasteiger partial charge >= 0.3 is 0 Å². The van der Waals surface area contributed by atoms with Gasteiger partial charge in [0.25, 0.3) is 0 Å². The lowest BCUT2D eigenvalue weighted by molar-refractivity contribution is -0.632. The fourth-order valence-electron chi connectivity index (χ4n) is 10.8. The Morgan fingerprint density at radius 3 is 1.38 bits per heavy atom. The van der Waals surface area contributed by atoms with Crippen molar-refractivity contribution in [1.29, 1.82) is 0 Å². The molecule has 24 heavy (non-hydrogen) atoms. The Morgan fingerprint density at radius 2 is 1.04 bits per heavy atom. The Labute approximate surface area is 139 Å². The van der Waals surface area contributed by atoms with E-state index in [4.69, 9.17) is 0 Å². The van der Waals surface area contributed by atoms with Crippen LogP contribution in [-0.2, 0) is 0 Å². The number of hydrogen-bond donors (Lipinski definition) is 0. The van der Waals surface area contributed by atoms with Crippen LogP contribution in [0.3, 0.4) is 0 Å². The maximum Gasteiger partial charge on any atom is 0.223 e. The molecule has 10 rings (SSSR count). The highest BCUT2D eigenvalue weighted by atomic mass is 16.6. The molecule has 0 aromatic carbocycles. The molecule has 0 heterocycles. The van der Waals surface area contributed by atoms with Gasteiger partial charge in [0, 0.05) is 48.4 Å². The average molecular weight is 330 g/mol. The van der Waals surface area contributed by atoms with Gasteiger partial charge in [-0.15, -0.1) is 0 Å². The molecule has 11 bridgehead atoms. The Morgan fingerprint density at radius 1 is 0.667 bits per heavy atom. The first-order valence-electron chi connectivity index (χ1n) is 9.70. The zero-order valence-electron chi connectivity index (χ0n) is 13.6. The van der Waals surface area contributed by atoms with Crippen molar-refractivity contribution in [3.05, 3.63) is 20.2 Å². The number of hydrogen-bond acceptors (Lipinski definition) is 4. The molecule has 10 aliphatic carbocycles. The van der Waals surface area contributed by atoms with E-state index in [1.54, 1.807) is 0 Å². The van der Waals surface area contributed by atoms with Gasteiger partial charge < -0.3 is 0 Å². The standard InChI is InChI=1S/C18H22N2O4/c21-19(22)16-2-10-8-1-9-12-4-17(20(23)24)5-13(9)15(11(8)3-16)18(6-16,7-17)14(10)12/h8-15H,1-7H2. The number of nitrogens with zero attached hydrogens (tertiary/aromatic N) is 2. The molecule has 0 saturated heterocycles. The summed E-state index contributed by atoms with van der Waals surface area (Å²) in [5.74, 6) is 4.60. The Bertz CT molecular complexity index is 647. The predicted molar refractivity (Wildman–Crippen MR) is 82.1 cm³/mol. The summed E-state index contributed by atoms with van der Waals surface area (Å²) < 4.78 is 0. The van der Waals surface area contributed by atoms with E-state index >= 15 is 0 Å². The van der Waals surface area contributed by atoms with E-state index in [1.165, 1.54) is 6.42 Å². The summed E-state index contributed by atoms with van der Waals surface area (Å²) in [5.41, 5.74) is -1.53. The van der Waals surface area contributed by atoms with Crippen molar-refractivity contribution in [3.8, 4) is 0 Å². The summed E-state index contributed by atoms with van der Waals surface area (Å²) in [6.07, 6.45) is 5.67. The second kappa shape index (κ2) is 3.26. The first-order chi connectivity index (χ1) is 11.4. The summed E-state index contributed by atoms with van der Waals surface area (Å²) in [4.78, 5) is 24.1. The topological polar surface area (TPSA) is 86.3 Å². The van der Waals surface area contributed by atoms with Gasteiger partial charge in [-0.2, -0.15) is 0 Å². The van der Waals surface area contributed by atoms with Crippen molar-refractivity contribution in [1.82, 2.24) is 0 Å². The molecule has 6 heteroatoms. The lowest BCUT2D eigenvalue weighted by Gasteiger charge is -2.83. The van der Waals surface area contributed by atoms with Crippen LogP contribution >= 0.6 is 0 Å². The van der Waals surface area contributed by atoms with Crippen LogP contribution in [0.4, 0.5) is 0 Å². The van der Waals surface area contributed by atoms with Crippen molar-refractivity contribution in [2.75, 3.05) is 0 Å². The van der Waals surface area contributed by atoms with Gasteiger partial charge in [-0.1, -0.05) is 0 Å². The highest BCUT2D eigenvalue weighted by Gasteiger charge is 2.86. The summed E-state index contributed by atoms with van der Waals surface area (Å²) in [6.45, 7) is 0. The van der Waals surface area contributed by atoms with Gasteiger partial charge in [-0.25, -0.2) is 0 Å². The molecule has 0 amide bonds. The average Bonchev–Trinajstić information content (AvgIpc) is 2.52. The van der Waals surface area contributed by atoms with E-state index in [1.807, 2.05) is 0 Å². The van der Waals surface area contributed by atoms with Gasteiger partial charge in [0.15, 0.2) is 0 Å². The number of nitro groups is 2. The van der Waals surface area contributed by atoms with Gasteiger partial charge in [0.1, 0.15) is 0 Å². The third-order valence-electron chi connectivity index (χ3n) is 10.5. The summed E-state index contributed by atoms with van der Waals surface area (Å²) in [7, 11) is 0. The van der Waals surface area contributed by atoms with E-state index in [0.29, 0.717) is 60.2 Å². The molecule has 4 unspecified atom stereocenters.